The summed E-state index contributed by atoms with van der Waals surface area (Å²) in [6.07, 6.45) is 7.79. The van der Waals surface area contributed by atoms with Crippen molar-refractivity contribution in [1.82, 2.24) is 0 Å². The first-order valence-corrected chi connectivity index (χ1v) is 8.84. The van der Waals surface area contributed by atoms with Gasteiger partial charge in [-0.25, -0.2) is 0 Å². The molecule has 1 N–H and O–H groups in total. The molecular weight excluding hydrogens is 300 g/mol. The summed E-state index contributed by atoms with van der Waals surface area (Å²) in [4.78, 5) is 0. The van der Waals surface area contributed by atoms with Crippen LogP contribution < -0.4 is 0 Å². The van der Waals surface area contributed by atoms with Crippen LogP contribution in [-0.4, -0.2) is 18.0 Å². The third-order valence-electron chi connectivity index (χ3n) is 3.61. The fourth-order valence-corrected chi connectivity index (χ4v) is 2.19. The first kappa shape index (κ1) is 20.3. The normalized spacial score (nSPS) is 13.3. The van der Waals surface area contributed by atoms with Gasteiger partial charge in [0.15, 0.2) is 6.79 Å². The van der Waals surface area contributed by atoms with Crippen molar-refractivity contribution in [3.8, 4) is 11.8 Å². The maximum absolute atomic E-state index is 10.2. The minimum atomic E-state index is -0.631. The lowest BCUT2D eigenvalue weighted by molar-refractivity contribution is -0.0213. The molecule has 3 heteroatoms. The average Bonchev–Trinajstić information content (AvgIpc) is 2.61. The summed E-state index contributed by atoms with van der Waals surface area (Å²) in [6, 6.07) is 9.98. The average molecular weight is 330 g/mol. The first-order valence-electron chi connectivity index (χ1n) is 8.84. The predicted octanol–water partition coefficient (Wildman–Crippen LogP) is 4.66. The van der Waals surface area contributed by atoms with Gasteiger partial charge in [-0.15, -0.1) is 5.92 Å². The van der Waals surface area contributed by atoms with Gasteiger partial charge in [-0.2, -0.15) is 0 Å². The van der Waals surface area contributed by atoms with Crippen LogP contribution in [0.15, 0.2) is 42.7 Å². The van der Waals surface area contributed by atoms with Crippen LogP contribution in [-0.2, 0) is 16.1 Å². The number of hydrogen-bond donors (Lipinski definition) is 1. The van der Waals surface area contributed by atoms with E-state index in [1.807, 2.05) is 36.4 Å². The van der Waals surface area contributed by atoms with Crippen LogP contribution >= 0.6 is 0 Å². The maximum Gasteiger partial charge on any atom is 0.188 e. The van der Waals surface area contributed by atoms with Gasteiger partial charge in [-0.3, -0.25) is 0 Å². The van der Waals surface area contributed by atoms with E-state index >= 15 is 0 Å². The van der Waals surface area contributed by atoms with Gasteiger partial charge >= 0.3 is 0 Å². The van der Waals surface area contributed by atoms with E-state index < -0.39 is 6.10 Å². The molecule has 0 aliphatic carbocycles. The molecule has 1 aromatic carbocycles. The summed E-state index contributed by atoms with van der Waals surface area (Å²) >= 11 is 0. The fourth-order valence-electron chi connectivity index (χ4n) is 2.19. The highest BCUT2D eigenvalue weighted by atomic mass is 16.7. The lowest BCUT2D eigenvalue weighted by Crippen LogP contribution is -2.16. The summed E-state index contributed by atoms with van der Waals surface area (Å²) in [7, 11) is 0. The highest BCUT2D eigenvalue weighted by Gasteiger charge is 2.13. The summed E-state index contributed by atoms with van der Waals surface area (Å²) < 4.78 is 10.8. The molecule has 0 fully saturated rings. The zero-order valence-electron chi connectivity index (χ0n) is 14.9. The number of benzene rings is 1. The van der Waals surface area contributed by atoms with E-state index in [-0.39, 0.29) is 12.7 Å². The minimum Gasteiger partial charge on any atom is -0.475 e. The van der Waals surface area contributed by atoms with E-state index in [1.165, 1.54) is 0 Å². The lowest BCUT2D eigenvalue weighted by atomic mass is 9.96. The molecule has 0 aliphatic rings. The number of ether oxygens (including phenoxy) is 2. The summed E-state index contributed by atoms with van der Waals surface area (Å²) in [6.45, 7) is 4.95. The van der Waals surface area contributed by atoms with Crippen molar-refractivity contribution in [2.24, 2.45) is 5.92 Å². The highest BCUT2D eigenvalue weighted by molar-refractivity contribution is 5.13. The quantitative estimate of drug-likeness (QED) is 0.277. The molecule has 0 aromatic heterocycles. The van der Waals surface area contributed by atoms with E-state index in [4.69, 9.17) is 9.47 Å². The molecule has 1 rings (SSSR count). The van der Waals surface area contributed by atoms with Gasteiger partial charge in [-0.1, -0.05) is 62.9 Å². The SMILES string of the molecule is CCCC#C[C@H](O)[C@H](/C=C\OCOCc1ccccc1)CCCC. The zero-order chi connectivity index (χ0) is 17.5. The number of aliphatic hydroxyl groups is 1. The smallest absolute Gasteiger partial charge is 0.188 e. The van der Waals surface area contributed by atoms with Gasteiger partial charge in [0, 0.05) is 12.3 Å². The van der Waals surface area contributed by atoms with Crippen LogP contribution in [0.1, 0.15) is 51.5 Å². The van der Waals surface area contributed by atoms with Gasteiger partial charge < -0.3 is 14.6 Å². The van der Waals surface area contributed by atoms with Crippen molar-refractivity contribution < 1.29 is 14.6 Å². The topological polar surface area (TPSA) is 38.7 Å². The van der Waals surface area contributed by atoms with E-state index in [0.29, 0.717) is 6.61 Å². The monoisotopic (exact) mass is 330 g/mol. The first-order chi connectivity index (χ1) is 11.8. The van der Waals surface area contributed by atoms with E-state index in [2.05, 4.69) is 25.7 Å². The van der Waals surface area contributed by atoms with Gasteiger partial charge in [0.1, 0.15) is 6.10 Å². The molecule has 0 heterocycles. The molecule has 0 amide bonds. The molecule has 2 atom stereocenters. The fraction of sp³-hybridized carbons (Fsp3) is 0.524. The molecule has 0 bridgehead atoms. The Morgan fingerprint density at radius 2 is 1.96 bits per heavy atom. The van der Waals surface area contributed by atoms with Gasteiger partial charge in [-0.05, 0) is 24.5 Å². The second kappa shape index (κ2) is 13.7. The molecule has 0 saturated carbocycles. The Morgan fingerprint density at radius 1 is 1.17 bits per heavy atom. The van der Waals surface area contributed by atoms with Crippen LogP contribution in [0.25, 0.3) is 0 Å². The van der Waals surface area contributed by atoms with E-state index in [1.54, 1.807) is 6.26 Å². The Labute approximate surface area is 146 Å². The number of rotatable bonds is 11. The van der Waals surface area contributed by atoms with Gasteiger partial charge in [0.25, 0.3) is 0 Å². The lowest BCUT2D eigenvalue weighted by Gasteiger charge is -2.14. The largest absolute Gasteiger partial charge is 0.475 e. The molecule has 132 valence electrons. The molecule has 0 aliphatic heterocycles. The Hall–Kier alpha value is -1.76. The Morgan fingerprint density at radius 3 is 2.67 bits per heavy atom. The van der Waals surface area contributed by atoms with E-state index in [0.717, 1.165) is 37.7 Å². The van der Waals surface area contributed by atoms with Crippen LogP contribution in [0.4, 0.5) is 0 Å². The van der Waals surface area contributed by atoms with Crippen molar-refractivity contribution in [1.29, 1.82) is 0 Å². The number of aliphatic hydroxyl groups excluding tert-OH is 1. The highest BCUT2D eigenvalue weighted by Crippen LogP contribution is 2.15. The predicted molar refractivity (Wildman–Crippen MR) is 98.0 cm³/mol. The van der Waals surface area contributed by atoms with Gasteiger partial charge in [0.05, 0.1) is 12.9 Å². The molecule has 0 radical (unpaired) electrons. The molecule has 0 unspecified atom stereocenters. The van der Waals surface area contributed by atoms with Crippen molar-refractivity contribution in [3.63, 3.8) is 0 Å². The van der Waals surface area contributed by atoms with Crippen molar-refractivity contribution in [2.45, 2.75) is 58.7 Å². The number of hydrogen-bond acceptors (Lipinski definition) is 3. The van der Waals surface area contributed by atoms with E-state index in [9.17, 15) is 5.11 Å². The zero-order valence-corrected chi connectivity index (χ0v) is 14.9. The third kappa shape index (κ3) is 9.39. The van der Waals surface area contributed by atoms with Crippen LogP contribution in [0.3, 0.4) is 0 Å². The van der Waals surface area contributed by atoms with Crippen LogP contribution in [0.5, 0.6) is 0 Å². The third-order valence-corrected chi connectivity index (χ3v) is 3.61. The van der Waals surface area contributed by atoms with Crippen LogP contribution in [0.2, 0.25) is 0 Å². The Balaban J connectivity index is 2.33. The van der Waals surface area contributed by atoms with Gasteiger partial charge in [0.2, 0.25) is 0 Å². The second-order valence-electron chi connectivity index (χ2n) is 5.77. The summed E-state index contributed by atoms with van der Waals surface area (Å²) in [5.41, 5.74) is 1.12. The maximum atomic E-state index is 10.2. The summed E-state index contributed by atoms with van der Waals surface area (Å²) in [5.74, 6) is 5.96. The van der Waals surface area contributed by atoms with Crippen molar-refractivity contribution >= 4 is 0 Å². The molecule has 1 aromatic rings. The van der Waals surface area contributed by atoms with Crippen LogP contribution in [0, 0.1) is 17.8 Å². The molecular formula is C21H30O3. The molecule has 0 saturated heterocycles. The number of unbranched alkanes of at least 4 members (excludes halogenated alkanes) is 2. The second-order valence-corrected chi connectivity index (χ2v) is 5.77. The molecule has 0 spiro atoms. The standard InChI is InChI=1S/C21H30O3/c1-3-5-8-14-21(22)20(13-6-4-2)15-16-23-18-24-17-19-11-9-7-10-12-19/h7,9-12,15-16,20-22H,3-6,13,17-18H2,1-2H3/b16-15-/t20-,21-/m0/s1. The molecule has 3 nitrogen and oxygen atoms in total. The summed E-state index contributed by atoms with van der Waals surface area (Å²) in [5, 5.41) is 10.2. The van der Waals surface area contributed by atoms with Crippen molar-refractivity contribution in [3.05, 3.63) is 48.2 Å². The van der Waals surface area contributed by atoms with Crippen molar-refractivity contribution in [2.75, 3.05) is 6.79 Å². The minimum absolute atomic E-state index is 0.00318. The molecule has 24 heavy (non-hydrogen) atoms. The Bertz CT molecular complexity index is 499. The Kier molecular flexibility index (Phi) is 11.5.